The van der Waals surface area contributed by atoms with Crippen molar-refractivity contribution in [3.05, 3.63) is 150 Å². The second kappa shape index (κ2) is 24.4. The molecule has 6 aromatic rings. The topological polar surface area (TPSA) is 138 Å². The predicted molar refractivity (Wildman–Crippen MR) is 230 cm³/mol. The monoisotopic (exact) mass is 950 g/mol. The summed E-state index contributed by atoms with van der Waals surface area (Å²) in [6, 6.07) is 26.9. The molecule has 0 aliphatic carbocycles. The first-order valence-corrected chi connectivity index (χ1v) is 19.5. The Morgan fingerprint density at radius 3 is 1.49 bits per heavy atom. The SMILES string of the molecule is CCOc1cc(Br)cnc1Cl.CCOc1cc(N)cnc1Cl.CCOc1cc(N=C(c2ccccc2)c2ccccc2)cnc1Cl.Oc1cc(Br)cnc1Cl. The van der Waals surface area contributed by atoms with E-state index in [0.717, 1.165) is 21.3 Å². The van der Waals surface area contributed by atoms with Gasteiger partial charge in [0, 0.05) is 44.6 Å². The summed E-state index contributed by atoms with van der Waals surface area (Å²) in [4.78, 5) is 20.3. The fourth-order valence-corrected chi connectivity index (χ4v) is 5.33. The number of rotatable bonds is 9. The van der Waals surface area contributed by atoms with E-state index in [9.17, 15) is 0 Å². The van der Waals surface area contributed by atoms with E-state index in [-0.39, 0.29) is 10.9 Å². The van der Waals surface area contributed by atoms with Gasteiger partial charge in [0.15, 0.2) is 43.6 Å². The molecule has 4 heterocycles. The van der Waals surface area contributed by atoms with Crippen LogP contribution in [0.15, 0.2) is 124 Å². The minimum absolute atomic E-state index is 0.00829. The molecule has 0 amide bonds. The van der Waals surface area contributed by atoms with Gasteiger partial charge in [0.2, 0.25) is 0 Å². The highest BCUT2D eigenvalue weighted by atomic mass is 79.9. The van der Waals surface area contributed by atoms with Crippen LogP contribution in [0.4, 0.5) is 11.4 Å². The molecule has 0 atom stereocenters. The lowest BCUT2D eigenvalue weighted by atomic mass is 10.0. The Morgan fingerprint density at radius 2 is 1.02 bits per heavy atom. The molecular weight excluding hydrogens is 918 g/mol. The maximum Gasteiger partial charge on any atom is 0.171 e. The van der Waals surface area contributed by atoms with Crippen LogP contribution in [0, 0.1) is 0 Å². The number of hydrogen-bond donors (Lipinski definition) is 2. The lowest BCUT2D eigenvalue weighted by molar-refractivity contribution is 0.339. The van der Waals surface area contributed by atoms with Gasteiger partial charge in [-0.15, -0.1) is 0 Å². The van der Waals surface area contributed by atoms with Gasteiger partial charge in [-0.25, -0.2) is 24.9 Å². The molecule has 0 unspecified atom stereocenters. The van der Waals surface area contributed by atoms with Gasteiger partial charge in [0.1, 0.15) is 0 Å². The summed E-state index contributed by atoms with van der Waals surface area (Å²) in [5, 5.41) is 10.1. The van der Waals surface area contributed by atoms with Crippen LogP contribution in [0.25, 0.3) is 0 Å². The Morgan fingerprint density at radius 1 is 0.600 bits per heavy atom. The number of aliphatic imine (C=N–C) groups is 1. The van der Waals surface area contributed by atoms with Crippen molar-refractivity contribution >= 4 is 95.4 Å². The van der Waals surface area contributed by atoms with Crippen LogP contribution in [-0.4, -0.2) is 50.6 Å². The van der Waals surface area contributed by atoms with Crippen LogP contribution in [0.5, 0.6) is 23.0 Å². The molecule has 55 heavy (non-hydrogen) atoms. The van der Waals surface area contributed by atoms with E-state index in [1.165, 1.54) is 18.5 Å². The lowest BCUT2D eigenvalue weighted by Crippen LogP contribution is -2.02. The molecule has 0 bridgehead atoms. The number of aromatic hydroxyl groups is 1. The summed E-state index contributed by atoms with van der Waals surface area (Å²) >= 11 is 29.2. The van der Waals surface area contributed by atoms with Crippen LogP contribution in [0.1, 0.15) is 31.9 Å². The molecule has 0 aliphatic rings. The zero-order valence-electron chi connectivity index (χ0n) is 29.8. The second-order valence-corrected chi connectivity index (χ2v) is 13.7. The minimum Gasteiger partial charge on any atom is -0.505 e. The fraction of sp³-hybridized carbons (Fsp3) is 0.154. The van der Waals surface area contributed by atoms with Crippen LogP contribution in [0.2, 0.25) is 20.6 Å². The highest BCUT2D eigenvalue weighted by Crippen LogP contribution is 2.29. The maximum absolute atomic E-state index is 8.88. The molecule has 288 valence electrons. The normalized spacial score (nSPS) is 9.91. The summed E-state index contributed by atoms with van der Waals surface area (Å²) in [7, 11) is 0. The number of benzene rings is 2. The summed E-state index contributed by atoms with van der Waals surface area (Å²) in [6.07, 6.45) is 6.29. The standard InChI is InChI=1S/C20H17ClN2O.C7H7BrClNO.C7H9ClN2O.C5H3BrClNO/c1-2-24-18-13-17(14-22-20(18)21)23-19(15-9-5-3-6-10-15)16-11-7-4-8-12-16;1-2-11-6-3-5(8)4-10-7(6)9;1-2-11-6-3-5(9)4-10-7(6)8;6-3-1-4(9)5(7)8-2-3/h3-14H,2H2,1H3;3-4H,2H2,1H3;3-4H,2,9H2,1H3;1-2,9H. The quantitative estimate of drug-likeness (QED) is 0.107. The third-order valence-corrected chi connectivity index (χ3v) is 8.43. The Labute approximate surface area is 356 Å². The molecule has 10 nitrogen and oxygen atoms in total. The highest BCUT2D eigenvalue weighted by Gasteiger charge is 2.09. The number of nitrogens with zero attached hydrogens (tertiary/aromatic N) is 5. The molecule has 0 saturated carbocycles. The summed E-state index contributed by atoms with van der Waals surface area (Å²) in [6.45, 7) is 7.36. The predicted octanol–water partition coefficient (Wildman–Crippen LogP) is 12.1. The summed E-state index contributed by atoms with van der Waals surface area (Å²) in [5.74, 6) is 1.68. The Kier molecular flexibility index (Phi) is 20.0. The van der Waals surface area contributed by atoms with E-state index in [0.29, 0.717) is 68.4 Å². The van der Waals surface area contributed by atoms with Gasteiger partial charge < -0.3 is 25.1 Å². The molecule has 16 heteroatoms. The number of halogens is 6. The van der Waals surface area contributed by atoms with Crippen LogP contribution in [0.3, 0.4) is 0 Å². The van der Waals surface area contributed by atoms with Gasteiger partial charge in [-0.05, 0) is 64.8 Å². The number of ether oxygens (including phenoxy) is 3. The van der Waals surface area contributed by atoms with Crippen molar-refractivity contribution < 1.29 is 19.3 Å². The van der Waals surface area contributed by atoms with Crippen molar-refractivity contribution in [1.82, 2.24) is 19.9 Å². The molecule has 6 rings (SSSR count). The Balaban J connectivity index is 0.000000219. The first-order valence-electron chi connectivity index (χ1n) is 16.4. The third kappa shape index (κ3) is 15.8. The van der Waals surface area contributed by atoms with Crippen molar-refractivity contribution in [3.63, 3.8) is 0 Å². The van der Waals surface area contributed by atoms with Crippen LogP contribution in [-0.2, 0) is 0 Å². The Bertz CT molecular complexity index is 2030. The molecule has 0 radical (unpaired) electrons. The molecule has 2 aromatic carbocycles. The molecule has 3 N–H and O–H groups in total. The van der Waals surface area contributed by atoms with Gasteiger partial charge >= 0.3 is 0 Å². The number of aromatic nitrogens is 4. The zero-order valence-corrected chi connectivity index (χ0v) is 36.0. The van der Waals surface area contributed by atoms with E-state index < -0.39 is 0 Å². The van der Waals surface area contributed by atoms with Crippen molar-refractivity contribution in [2.24, 2.45) is 4.99 Å². The average Bonchev–Trinajstić information content (AvgIpc) is 3.18. The number of pyridine rings is 4. The van der Waals surface area contributed by atoms with Crippen LogP contribution < -0.4 is 19.9 Å². The third-order valence-electron chi connectivity index (χ3n) is 6.42. The van der Waals surface area contributed by atoms with Crippen molar-refractivity contribution in [3.8, 4) is 23.0 Å². The Hall–Kier alpha value is -4.17. The highest BCUT2D eigenvalue weighted by molar-refractivity contribution is 9.10. The van der Waals surface area contributed by atoms with Gasteiger partial charge in [-0.1, -0.05) is 107 Å². The van der Waals surface area contributed by atoms with Gasteiger partial charge in [-0.3, -0.25) is 0 Å². The van der Waals surface area contributed by atoms with Gasteiger partial charge in [-0.2, -0.15) is 0 Å². The second-order valence-electron chi connectivity index (χ2n) is 10.4. The molecule has 0 aliphatic heterocycles. The maximum atomic E-state index is 8.88. The van der Waals surface area contributed by atoms with Crippen molar-refractivity contribution in [1.29, 1.82) is 0 Å². The van der Waals surface area contributed by atoms with E-state index >= 15 is 0 Å². The minimum atomic E-state index is -0.00829. The number of anilines is 1. The number of nitrogen functional groups attached to an aromatic ring is 1. The molecule has 0 saturated heterocycles. The summed E-state index contributed by atoms with van der Waals surface area (Å²) < 4.78 is 17.4. The summed E-state index contributed by atoms with van der Waals surface area (Å²) in [5.41, 5.74) is 9.66. The fourth-order valence-electron chi connectivity index (χ4n) is 4.12. The zero-order chi connectivity index (χ0) is 40.2. The molecule has 0 fully saturated rings. The van der Waals surface area contributed by atoms with E-state index in [1.54, 1.807) is 24.5 Å². The first-order chi connectivity index (χ1) is 26.4. The molecule has 4 aromatic heterocycles. The number of nitrogens with two attached hydrogens (primary N) is 1. The molecule has 0 spiro atoms. The number of hydrogen-bond acceptors (Lipinski definition) is 10. The molecular formula is C39H36Br2Cl4N6O4. The van der Waals surface area contributed by atoms with Crippen molar-refractivity contribution in [2.75, 3.05) is 25.6 Å². The van der Waals surface area contributed by atoms with Crippen molar-refractivity contribution in [2.45, 2.75) is 20.8 Å². The van der Waals surface area contributed by atoms with E-state index in [4.69, 9.17) is 76.4 Å². The van der Waals surface area contributed by atoms with Gasteiger partial charge in [0.25, 0.3) is 0 Å². The van der Waals surface area contributed by atoms with Gasteiger partial charge in [0.05, 0.1) is 49.3 Å². The van der Waals surface area contributed by atoms with E-state index in [1.807, 2.05) is 87.5 Å². The smallest absolute Gasteiger partial charge is 0.171 e. The van der Waals surface area contributed by atoms with E-state index in [2.05, 4.69) is 51.8 Å². The van der Waals surface area contributed by atoms with Crippen LogP contribution >= 0.6 is 78.3 Å². The lowest BCUT2D eigenvalue weighted by Gasteiger charge is -2.09. The first kappa shape index (κ1) is 45.2. The largest absolute Gasteiger partial charge is 0.505 e. The average molecular weight is 954 g/mol.